The minimum atomic E-state index is -0.485. The average Bonchev–Trinajstić information content (AvgIpc) is 3.06. The predicted octanol–water partition coefficient (Wildman–Crippen LogP) is 4.67. The summed E-state index contributed by atoms with van der Waals surface area (Å²) in [7, 11) is 0. The van der Waals surface area contributed by atoms with Crippen molar-refractivity contribution in [3.8, 4) is 0 Å². The number of nitro groups is 1. The van der Waals surface area contributed by atoms with Gasteiger partial charge in [0, 0.05) is 49.2 Å². The molecule has 0 bridgehead atoms. The SMILES string of the molecule is O=[N+]([O-])c1cccc(C2c3cccn3CCCN2Cc2cc(F)ccc2F)c1. The summed E-state index contributed by atoms with van der Waals surface area (Å²) >= 11 is 0. The van der Waals surface area contributed by atoms with Crippen molar-refractivity contribution in [2.24, 2.45) is 0 Å². The van der Waals surface area contributed by atoms with Gasteiger partial charge in [-0.2, -0.15) is 0 Å². The van der Waals surface area contributed by atoms with Crippen LogP contribution in [-0.2, 0) is 13.1 Å². The van der Waals surface area contributed by atoms with Crippen LogP contribution in [0.5, 0.6) is 0 Å². The summed E-state index contributed by atoms with van der Waals surface area (Å²) < 4.78 is 30.1. The van der Waals surface area contributed by atoms with E-state index in [2.05, 4.69) is 9.47 Å². The molecule has 1 aliphatic rings. The van der Waals surface area contributed by atoms with Gasteiger partial charge in [-0.05, 0) is 42.3 Å². The maximum atomic E-state index is 14.3. The average molecular weight is 383 g/mol. The van der Waals surface area contributed by atoms with E-state index in [-0.39, 0.29) is 23.8 Å². The van der Waals surface area contributed by atoms with E-state index in [9.17, 15) is 18.9 Å². The number of fused-ring (bicyclic) bond motifs is 1. The molecule has 0 spiro atoms. The minimum Gasteiger partial charge on any atom is -0.350 e. The van der Waals surface area contributed by atoms with E-state index in [0.717, 1.165) is 36.4 Å². The molecular weight excluding hydrogens is 364 g/mol. The number of non-ortho nitro benzene ring substituents is 1. The lowest BCUT2D eigenvalue weighted by atomic mass is 10.0. The second kappa shape index (κ2) is 7.52. The van der Waals surface area contributed by atoms with E-state index in [1.165, 1.54) is 12.1 Å². The smallest absolute Gasteiger partial charge is 0.269 e. The molecular formula is C21H19F2N3O2. The molecule has 7 heteroatoms. The van der Waals surface area contributed by atoms with Crippen LogP contribution in [0.15, 0.2) is 60.8 Å². The number of rotatable bonds is 4. The predicted molar refractivity (Wildman–Crippen MR) is 101 cm³/mol. The zero-order valence-corrected chi connectivity index (χ0v) is 15.1. The molecule has 28 heavy (non-hydrogen) atoms. The van der Waals surface area contributed by atoms with Gasteiger partial charge in [0.15, 0.2) is 0 Å². The van der Waals surface area contributed by atoms with Gasteiger partial charge in [-0.15, -0.1) is 0 Å². The van der Waals surface area contributed by atoms with Crippen molar-refractivity contribution in [3.05, 3.63) is 99.4 Å². The lowest BCUT2D eigenvalue weighted by Gasteiger charge is -2.30. The van der Waals surface area contributed by atoms with E-state index in [0.29, 0.717) is 6.54 Å². The maximum Gasteiger partial charge on any atom is 0.269 e. The van der Waals surface area contributed by atoms with Crippen LogP contribution in [0.2, 0.25) is 0 Å². The highest BCUT2D eigenvalue weighted by Gasteiger charge is 2.29. The Hall–Kier alpha value is -3.06. The fourth-order valence-electron chi connectivity index (χ4n) is 3.88. The van der Waals surface area contributed by atoms with Crippen LogP contribution >= 0.6 is 0 Å². The summed E-state index contributed by atoms with van der Waals surface area (Å²) in [5, 5.41) is 11.2. The second-order valence-electron chi connectivity index (χ2n) is 6.94. The molecule has 0 aliphatic carbocycles. The highest BCUT2D eigenvalue weighted by Crippen LogP contribution is 2.34. The summed E-state index contributed by atoms with van der Waals surface area (Å²) in [6.45, 7) is 1.67. The van der Waals surface area contributed by atoms with Crippen LogP contribution in [0.3, 0.4) is 0 Å². The van der Waals surface area contributed by atoms with E-state index in [1.54, 1.807) is 12.1 Å². The molecule has 2 aromatic carbocycles. The third-order valence-corrected chi connectivity index (χ3v) is 5.13. The quantitative estimate of drug-likeness (QED) is 0.486. The lowest BCUT2D eigenvalue weighted by molar-refractivity contribution is -0.384. The molecule has 0 fully saturated rings. The molecule has 0 radical (unpaired) electrons. The number of nitrogens with zero attached hydrogens (tertiary/aromatic N) is 3. The molecule has 0 N–H and O–H groups in total. The zero-order chi connectivity index (χ0) is 19.7. The summed E-state index contributed by atoms with van der Waals surface area (Å²) in [5.74, 6) is -0.944. The van der Waals surface area contributed by atoms with Crippen molar-refractivity contribution in [3.63, 3.8) is 0 Å². The molecule has 0 saturated heterocycles. The number of nitro benzene ring substituents is 1. The molecule has 2 heterocycles. The Labute approximate surface area is 161 Å². The molecule has 1 aliphatic heterocycles. The third kappa shape index (κ3) is 3.53. The number of benzene rings is 2. The van der Waals surface area contributed by atoms with E-state index in [4.69, 9.17) is 0 Å². The molecule has 144 valence electrons. The molecule has 1 atom stereocenters. The van der Waals surface area contributed by atoms with Crippen LogP contribution in [0.4, 0.5) is 14.5 Å². The van der Waals surface area contributed by atoms with Crippen molar-refractivity contribution in [1.82, 2.24) is 9.47 Å². The van der Waals surface area contributed by atoms with E-state index < -0.39 is 16.6 Å². The van der Waals surface area contributed by atoms with Gasteiger partial charge in [0.25, 0.3) is 5.69 Å². The van der Waals surface area contributed by atoms with Crippen molar-refractivity contribution >= 4 is 5.69 Å². The highest BCUT2D eigenvalue weighted by molar-refractivity contribution is 5.39. The first-order valence-electron chi connectivity index (χ1n) is 9.10. The van der Waals surface area contributed by atoms with Crippen molar-refractivity contribution in [1.29, 1.82) is 0 Å². The Morgan fingerprint density at radius 3 is 2.75 bits per heavy atom. The maximum absolute atomic E-state index is 14.3. The minimum absolute atomic E-state index is 0.0109. The molecule has 0 saturated carbocycles. The fourth-order valence-corrected chi connectivity index (χ4v) is 3.88. The van der Waals surface area contributed by atoms with Crippen LogP contribution in [0, 0.1) is 21.7 Å². The summed E-state index contributed by atoms with van der Waals surface area (Å²) in [6, 6.07) is 13.6. The second-order valence-corrected chi connectivity index (χ2v) is 6.94. The molecule has 4 rings (SSSR count). The van der Waals surface area contributed by atoms with Gasteiger partial charge in [-0.1, -0.05) is 12.1 Å². The Morgan fingerprint density at radius 1 is 1.07 bits per heavy atom. The van der Waals surface area contributed by atoms with Crippen molar-refractivity contribution in [2.75, 3.05) is 6.54 Å². The molecule has 1 unspecified atom stereocenters. The highest BCUT2D eigenvalue weighted by atomic mass is 19.1. The summed E-state index contributed by atoms with van der Waals surface area (Å²) in [5.41, 5.74) is 2.02. The Morgan fingerprint density at radius 2 is 1.93 bits per heavy atom. The topological polar surface area (TPSA) is 51.3 Å². The van der Waals surface area contributed by atoms with Crippen LogP contribution in [0.25, 0.3) is 0 Å². The van der Waals surface area contributed by atoms with Gasteiger partial charge in [0.1, 0.15) is 11.6 Å². The number of halogens is 2. The first kappa shape index (κ1) is 18.3. The Balaban J connectivity index is 1.78. The van der Waals surface area contributed by atoms with Crippen molar-refractivity contribution in [2.45, 2.75) is 25.6 Å². The van der Waals surface area contributed by atoms with Gasteiger partial charge in [0.05, 0.1) is 11.0 Å². The summed E-state index contributed by atoms with van der Waals surface area (Å²) in [4.78, 5) is 12.9. The van der Waals surface area contributed by atoms with Gasteiger partial charge in [-0.25, -0.2) is 8.78 Å². The van der Waals surface area contributed by atoms with Crippen LogP contribution in [0.1, 0.15) is 29.3 Å². The molecule has 1 aromatic heterocycles. The standard InChI is InChI=1S/C21H19F2N3O2/c22-17-7-8-19(23)16(12-17)14-25-11-3-10-24-9-2-6-20(24)21(25)15-4-1-5-18(13-15)26(27)28/h1-2,4-9,12-13,21H,3,10-11,14H2. The largest absolute Gasteiger partial charge is 0.350 e. The lowest BCUT2D eigenvalue weighted by Crippen LogP contribution is -2.30. The van der Waals surface area contributed by atoms with Crippen LogP contribution in [-0.4, -0.2) is 20.9 Å². The first-order valence-corrected chi connectivity index (χ1v) is 9.10. The van der Waals surface area contributed by atoms with Gasteiger partial charge in [-0.3, -0.25) is 15.0 Å². The molecule has 0 amide bonds. The number of hydrogen-bond acceptors (Lipinski definition) is 3. The molecule has 3 aromatic rings. The zero-order valence-electron chi connectivity index (χ0n) is 15.1. The summed E-state index contributed by atoms with van der Waals surface area (Å²) in [6.07, 6.45) is 2.82. The third-order valence-electron chi connectivity index (χ3n) is 5.13. The number of aromatic nitrogens is 1. The van der Waals surface area contributed by atoms with E-state index in [1.807, 2.05) is 24.4 Å². The van der Waals surface area contributed by atoms with Gasteiger partial charge >= 0.3 is 0 Å². The number of hydrogen-bond donors (Lipinski definition) is 0. The van der Waals surface area contributed by atoms with Crippen LogP contribution < -0.4 is 0 Å². The monoisotopic (exact) mass is 383 g/mol. The molecule has 5 nitrogen and oxygen atoms in total. The van der Waals surface area contributed by atoms with Gasteiger partial charge in [0.2, 0.25) is 0 Å². The first-order chi connectivity index (χ1) is 13.5. The number of aryl methyl sites for hydroxylation is 1. The van der Waals surface area contributed by atoms with E-state index >= 15 is 0 Å². The van der Waals surface area contributed by atoms with Gasteiger partial charge < -0.3 is 4.57 Å². The Kier molecular flexibility index (Phi) is 4.92. The fraction of sp³-hybridized carbons (Fsp3) is 0.238. The normalized spacial score (nSPS) is 17.1. The Bertz CT molecular complexity index is 1020. The van der Waals surface area contributed by atoms with Crippen molar-refractivity contribution < 1.29 is 13.7 Å².